The predicted molar refractivity (Wildman–Crippen MR) is 107 cm³/mol. The predicted octanol–water partition coefficient (Wildman–Crippen LogP) is 1.32. The number of hydrogen-bond acceptors (Lipinski definition) is 7. The summed E-state index contributed by atoms with van der Waals surface area (Å²) in [6.45, 7) is -0.431. The van der Waals surface area contributed by atoms with E-state index in [0.717, 1.165) is 4.90 Å². The number of urea groups is 1. The average Bonchev–Trinajstić information content (AvgIpc) is 3.10. The maximum atomic E-state index is 12.1. The van der Waals surface area contributed by atoms with E-state index < -0.39 is 30.5 Å². The summed E-state index contributed by atoms with van der Waals surface area (Å²) in [7, 11) is 1.27. The summed E-state index contributed by atoms with van der Waals surface area (Å²) in [6.07, 6.45) is 0. The highest BCUT2D eigenvalue weighted by atomic mass is 16.5. The monoisotopic (exact) mass is 425 g/mol. The van der Waals surface area contributed by atoms with Crippen LogP contribution in [0.15, 0.2) is 48.5 Å². The number of rotatable bonds is 7. The van der Waals surface area contributed by atoms with Gasteiger partial charge in [0.25, 0.3) is 5.91 Å². The number of nitrogens with zero attached hydrogens (tertiary/aromatic N) is 1. The molecule has 1 saturated heterocycles. The lowest BCUT2D eigenvalue weighted by Gasteiger charge is -2.12. The lowest BCUT2D eigenvalue weighted by Crippen LogP contribution is -2.30. The van der Waals surface area contributed by atoms with Crippen LogP contribution in [0.5, 0.6) is 0 Å². The summed E-state index contributed by atoms with van der Waals surface area (Å²) in [5, 5.41) is 4.98. The molecule has 31 heavy (non-hydrogen) atoms. The van der Waals surface area contributed by atoms with E-state index in [4.69, 9.17) is 4.74 Å². The molecule has 0 aliphatic carbocycles. The fraction of sp³-hybridized carbons (Fsp3) is 0.190. The third-order valence-electron chi connectivity index (χ3n) is 4.39. The van der Waals surface area contributed by atoms with Crippen molar-refractivity contribution in [3.05, 3.63) is 65.2 Å². The van der Waals surface area contributed by atoms with Crippen molar-refractivity contribution in [3.63, 3.8) is 0 Å². The van der Waals surface area contributed by atoms with Gasteiger partial charge in [0.1, 0.15) is 0 Å². The molecule has 0 aromatic heterocycles. The Kier molecular flexibility index (Phi) is 6.61. The van der Waals surface area contributed by atoms with Crippen LogP contribution in [0.4, 0.5) is 10.5 Å². The lowest BCUT2D eigenvalue weighted by atomic mass is 10.1. The number of amides is 4. The van der Waals surface area contributed by atoms with Gasteiger partial charge in [0.15, 0.2) is 6.61 Å². The van der Waals surface area contributed by atoms with Crippen molar-refractivity contribution in [2.45, 2.75) is 6.54 Å². The fourth-order valence-corrected chi connectivity index (χ4v) is 2.76. The summed E-state index contributed by atoms with van der Waals surface area (Å²) < 4.78 is 9.59. The van der Waals surface area contributed by atoms with Crippen molar-refractivity contribution in [2.24, 2.45) is 0 Å². The van der Waals surface area contributed by atoms with Gasteiger partial charge in [-0.15, -0.1) is 0 Å². The average molecular weight is 425 g/mol. The van der Waals surface area contributed by atoms with Crippen molar-refractivity contribution >= 4 is 35.5 Å². The van der Waals surface area contributed by atoms with Crippen molar-refractivity contribution in [1.82, 2.24) is 10.2 Å². The smallest absolute Gasteiger partial charge is 0.338 e. The summed E-state index contributed by atoms with van der Waals surface area (Å²) >= 11 is 0. The van der Waals surface area contributed by atoms with E-state index >= 15 is 0 Å². The zero-order chi connectivity index (χ0) is 22.4. The summed E-state index contributed by atoms with van der Waals surface area (Å²) in [5.41, 5.74) is 1.65. The number of imide groups is 1. The van der Waals surface area contributed by atoms with E-state index in [1.54, 1.807) is 12.1 Å². The first-order valence-corrected chi connectivity index (χ1v) is 9.20. The standard InChI is InChI=1S/C21H19N3O7/c1-30-19(27)14-6-8-16(9-7-14)23-17(25)12-31-20(28)15-4-2-13(3-5-15)11-24-18(26)10-22-21(24)29/h2-9H,10-12H2,1H3,(H,22,29)(H,23,25). The number of hydrogen-bond donors (Lipinski definition) is 2. The molecule has 2 N–H and O–H groups in total. The fourth-order valence-electron chi connectivity index (χ4n) is 2.76. The third-order valence-corrected chi connectivity index (χ3v) is 4.39. The second kappa shape index (κ2) is 9.53. The Bertz CT molecular complexity index is 1000. The molecular formula is C21H19N3O7. The Morgan fingerprint density at radius 3 is 2.16 bits per heavy atom. The number of methoxy groups -OCH3 is 1. The highest BCUT2D eigenvalue weighted by molar-refractivity contribution is 6.02. The largest absolute Gasteiger partial charge is 0.465 e. The molecule has 2 aromatic carbocycles. The van der Waals surface area contributed by atoms with Crippen molar-refractivity contribution in [3.8, 4) is 0 Å². The molecule has 0 spiro atoms. The van der Waals surface area contributed by atoms with Crippen LogP contribution in [0.3, 0.4) is 0 Å². The van der Waals surface area contributed by atoms with Crippen molar-refractivity contribution < 1.29 is 33.4 Å². The Hall–Kier alpha value is -4.21. The number of carbonyl (C=O) groups excluding carboxylic acids is 5. The Labute approximate surface area is 177 Å². The Morgan fingerprint density at radius 1 is 0.968 bits per heavy atom. The Morgan fingerprint density at radius 2 is 1.58 bits per heavy atom. The van der Waals surface area contributed by atoms with E-state index in [1.165, 1.54) is 43.5 Å². The van der Waals surface area contributed by atoms with Crippen molar-refractivity contribution in [2.75, 3.05) is 25.6 Å². The maximum Gasteiger partial charge on any atom is 0.338 e. The molecule has 2 aromatic rings. The van der Waals surface area contributed by atoms with Crippen LogP contribution in [0.1, 0.15) is 26.3 Å². The van der Waals surface area contributed by atoms with E-state index in [0.29, 0.717) is 16.8 Å². The zero-order valence-electron chi connectivity index (χ0n) is 16.5. The molecule has 0 radical (unpaired) electrons. The molecule has 10 heteroatoms. The number of esters is 2. The van der Waals surface area contributed by atoms with Crippen LogP contribution >= 0.6 is 0 Å². The SMILES string of the molecule is COC(=O)c1ccc(NC(=O)COC(=O)c2ccc(CN3C(=O)CNC3=O)cc2)cc1. The van der Waals surface area contributed by atoms with Gasteiger partial charge in [-0.05, 0) is 42.0 Å². The maximum absolute atomic E-state index is 12.1. The molecule has 3 rings (SSSR count). The minimum atomic E-state index is -0.697. The van der Waals surface area contributed by atoms with Crippen LogP contribution in [-0.4, -0.2) is 54.9 Å². The first-order valence-electron chi connectivity index (χ1n) is 9.20. The van der Waals surface area contributed by atoms with Gasteiger partial charge in [-0.25, -0.2) is 14.4 Å². The quantitative estimate of drug-likeness (QED) is 0.505. The highest BCUT2D eigenvalue weighted by Gasteiger charge is 2.28. The van der Waals surface area contributed by atoms with Gasteiger partial charge in [0.2, 0.25) is 5.91 Å². The van der Waals surface area contributed by atoms with Crippen molar-refractivity contribution in [1.29, 1.82) is 0 Å². The van der Waals surface area contributed by atoms with Gasteiger partial charge in [-0.3, -0.25) is 14.5 Å². The van der Waals surface area contributed by atoms with Gasteiger partial charge < -0.3 is 20.1 Å². The van der Waals surface area contributed by atoms with E-state index in [9.17, 15) is 24.0 Å². The van der Waals surface area contributed by atoms with E-state index in [1.807, 2.05) is 0 Å². The van der Waals surface area contributed by atoms with Crippen LogP contribution in [0, 0.1) is 0 Å². The molecule has 0 unspecified atom stereocenters. The van der Waals surface area contributed by atoms with Gasteiger partial charge in [-0.2, -0.15) is 0 Å². The summed E-state index contributed by atoms with van der Waals surface area (Å²) in [6, 6.07) is 11.7. The number of ether oxygens (including phenoxy) is 2. The van der Waals surface area contributed by atoms with E-state index in [-0.39, 0.29) is 24.6 Å². The molecule has 0 atom stereocenters. The highest BCUT2D eigenvalue weighted by Crippen LogP contribution is 2.12. The van der Waals surface area contributed by atoms with Crippen LogP contribution in [-0.2, 0) is 25.6 Å². The summed E-state index contributed by atoms with van der Waals surface area (Å²) in [4.78, 5) is 59.8. The van der Waals surface area contributed by atoms with Crippen LogP contribution < -0.4 is 10.6 Å². The molecule has 1 aliphatic heterocycles. The molecule has 4 amide bonds. The number of carbonyl (C=O) groups is 5. The minimum Gasteiger partial charge on any atom is -0.465 e. The first kappa shape index (κ1) is 21.5. The number of nitrogens with one attached hydrogen (secondary N) is 2. The normalized spacial score (nSPS) is 12.9. The molecule has 0 saturated carbocycles. The molecule has 1 fully saturated rings. The Balaban J connectivity index is 1.48. The molecule has 160 valence electrons. The minimum absolute atomic E-state index is 0.0271. The van der Waals surface area contributed by atoms with Crippen LogP contribution in [0.2, 0.25) is 0 Å². The second-order valence-electron chi connectivity index (χ2n) is 6.53. The topological polar surface area (TPSA) is 131 Å². The lowest BCUT2D eigenvalue weighted by molar-refractivity contribution is -0.125. The molecule has 1 aliphatic rings. The molecule has 1 heterocycles. The number of benzene rings is 2. The van der Waals surface area contributed by atoms with Crippen LogP contribution in [0.25, 0.3) is 0 Å². The second-order valence-corrected chi connectivity index (χ2v) is 6.53. The zero-order valence-corrected chi connectivity index (χ0v) is 16.5. The third kappa shape index (κ3) is 5.44. The molecule has 0 bridgehead atoms. The number of anilines is 1. The van der Waals surface area contributed by atoms with Gasteiger partial charge in [-0.1, -0.05) is 12.1 Å². The van der Waals surface area contributed by atoms with Gasteiger partial charge in [0.05, 0.1) is 31.3 Å². The van der Waals surface area contributed by atoms with Gasteiger partial charge >= 0.3 is 18.0 Å². The molecular weight excluding hydrogens is 406 g/mol. The first-order chi connectivity index (χ1) is 14.9. The van der Waals surface area contributed by atoms with E-state index in [2.05, 4.69) is 15.4 Å². The van der Waals surface area contributed by atoms with Gasteiger partial charge in [0, 0.05) is 5.69 Å². The summed E-state index contributed by atoms with van der Waals surface area (Å²) in [5.74, 6) is -2.06. The molecule has 10 nitrogen and oxygen atoms in total.